The molecule has 6 heteroatoms. The molecule has 35 heavy (non-hydrogen) atoms. The van der Waals surface area contributed by atoms with Crippen molar-refractivity contribution in [2.24, 2.45) is 0 Å². The van der Waals surface area contributed by atoms with Crippen molar-refractivity contribution >= 4 is 11.9 Å². The summed E-state index contributed by atoms with van der Waals surface area (Å²) in [4.78, 5) is 39.6. The van der Waals surface area contributed by atoms with E-state index in [1.165, 1.54) is 7.11 Å². The molecule has 1 aromatic heterocycles. The van der Waals surface area contributed by atoms with Gasteiger partial charge in [0.15, 0.2) is 6.04 Å². The normalized spacial score (nSPS) is 14.2. The highest BCUT2D eigenvalue weighted by Crippen LogP contribution is 2.22. The molecule has 1 aliphatic carbocycles. The molecule has 4 rings (SSSR count). The second-order valence-electron chi connectivity index (χ2n) is 9.16. The van der Waals surface area contributed by atoms with Gasteiger partial charge in [0.25, 0.3) is 11.5 Å². The van der Waals surface area contributed by atoms with Gasteiger partial charge in [-0.1, -0.05) is 73.0 Å². The van der Waals surface area contributed by atoms with Crippen LogP contribution < -0.4 is 10.9 Å². The van der Waals surface area contributed by atoms with Crippen molar-refractivity contribution in [1.82, 2.24) is 9.88 Å². The summed E-state index contributed by atoms with van der Waals surface area (Å²) in [6, 6.07) is 17.7. The number of ether oxygens (including phenoxy) is 1. The number of methoxy groups -OCH3 is 1. The third-order valence-electron chi connectivity index (χ3n) is 6.65. The number of fused-ring (bicyclic) bond motifs is 1. The summed E-state index contributed by atoms with van der Waals surface area (Å²) in [6.07, 6.45) is 5.95. The number of carbonyl (C=O) groups is 2. The van der Waals surface area contributed by atoms with Crippen LogP contribution in [0.15, 0.2) is 65.5 Å². The predicted molar refractivity (Wildman–Crippen MR) is 136 cm³/mol. The van der Waals surface area contributed by atoms with Crippen LogP contribution in [-0.4, -0.2) is 23.6 Å². The van der Waals surface area contributed by atoms with Crippen LogP contribution in [0.4, 0.5) is 0 Å². The maximum Gasteiger partial charge on any atom is 0.333 e. The molecule has 1 amide bonds. The first-order valence-electron chi connectivity index (χ1n) is 12.2. The fourth-order valence-electron chi connectivity index (χ4n) is 4.69. The van der Waals surface area contributed by atoms with Gasteiger partial charge in [-0.3, -0.25) is 9.59 Å². The molecule has 0 aliphatic heterocycles. The topological polar surface area (TPSA) is 77.4 Å². The van der Waals surface area contributed by atoms with Crippen LogP contribution in [0.25, 0.3) is 0 Å². The van der Waals surface area contributed by atoms with E-state index in [1.807, 2.05) is 37.3 Å². The summed E-state index contributed by atoms with van der Waals surface area (Å²) in [6.45, 7) is 2.43. The lowest BCUT2D eigenvalue weighted by Crippen LogP contribution is -2.39. The van der Waals surface area contributed by atoms with E-state index in [2.05, 4.69) is 5.32 Å². The fourth-order valence-corrected chi connectivity index (χ4v) is 4.69. The van der Waals surface area contributed by atoms with Crippen LogP contribution in [0, 0.1) is 6.92 Å². The average molecular weight is 473 g/mol. The Bertz CT molecular complexity index is 1250. The molecule has 0 saturated heterocycles. The van der Waals surface area contributed by atoms with Gasteiger partial charge in [-0.25, -0.2) is 4.79 Å². The Morgan fingerprint density at radius 3 is 2.34 bits per heavy atom. The number of nitrogens with one attached hydrogen (secondary N) is 1. The number of aromatic nitrogens is 1. The number of rotatable bonds is 6. The Kier molecular flexibility index (Phi) is 7.80. The van der Waals surface area contributed by atoms with E-state index in [4.69, 9.17) is 4.74 Å². The molecule has 1 N–H and O–H groups in total. The number of esters is 1. The minimum absolute atomic E-state index is 0.0567. The first-order valence-corrected chi connectivity index (χ1v) is 12.2. The summed E-state index contributed by atoms with van der Waals surface area (Å²) in [5, 5.41) is 2.75. The molecule has 182 valence electrons. The summed E-state index contributed by atoms with van der Waals surface area (Å²) in [7, 11) is 1.28. The zero-order valence-corrected chi connectivity index (χ0v) is 20.4. The van der Waals surface area contributed by atoms with Gasteiger partial charge >= 0.3 is 5.97 Å². The number of aryl methyl sites for hydroxylation is 2. The third-order valence-corrected chi connectivity index (χ3v) is 6.65. The van der Waals surface area contributed by atoms with Crippen molar-refractivity contribution in [2.75, 3.05) is 7.11 Å². The average Bonchev–Trinajstić information content (AvgIpc) is 2.86. The molecule has 6 nitrogen and oxygen atoms in total. The molecule has 3 aromatic rings. The van der Waals surface area contributed by atoms with E-state index in [0.29, 0.717) is 12.1 Å². The molecule has 1 heterocycles. The van der Waals surface area contributed by atoms with Gasteiger partial charge < -0.3 is 14.6 Å². The van der Waals surface area contributed by atoms with Crippen LogP contribution >= 0.6 is 0 Å². The Morgan fingerprint density at radius 2 is 1.66 bits per heavy atom. The molecular formula is C29H32N2O4. The van der Waals surface area contributed by atoms with Crippen LogP contribution in [0.3, 0.4) is 0 Å². The third kappa shape index (κ3) is 5.70. The maximum absolute atomic E-state index is 13.7. The molecule has 0 saturated carbocycles. The second-order valence-corrected chi connectivity index (χ2v) is 9.16. The van der Waals surface area contributed by atoms with Crippen molar-refractivity contribution in [3.63, 3.8) is 0 Å². The van der Waals surface area contributed by atoms with Gasteiger partial charge in [0.05, 0.1) is 13.7 Å². The van der Waals surface area contributed by atoms with Crippen molar-refractivity contribution in [2.45, 2.75) is 58.0 Å². The van der Waals surface area contributed by atoms with E-state index in [9.17, 15) is 14.4 Å². The number of nitrogens with zero attached hydrogens (tertiary/aromatic N) is 1. The minimum Gasteiger partial charge on any atom is -0.467 e. The Balaban J connectivity index is 1.75. The van der Waals surface area contributed by atoms with Crippen molar-refractivity contribution < 1.29 is 14.3 Å². The fraction of sp³-hybridized carbons (Fsp3) is 0.345. The van der Waals surface area contributed by atoms with Gasteiger partial charge in [-0.15, -0.1) is 0 Å². The van der Waals surface area contributed by atoms with Gasteiger partial charge in [0.1, 0.15) is 5.56 Å². The second kappa shape index (κ2) is 11.2. The van der Waals surface area contributed by atoms with Crippen molar-refractivity contribution in [3.8, 4) is 0 Å². The highest BCUT2D eigenvalue weighted by molar-refractivity contribution is 5.97. The molecule has 2 aromatic carbocycles. The zero-order chi connectivity index (χ0) is 24.8. The lowest BCUT2D eigenvalue weighted by molar-refractivity contribution is -0.143. The van der Waals surface area contributed by atoms with E-state index < -0.39 is 17.9 Å². The maximum atomic E-state index is 13.7. The molecule has 1 aliphatic rings. The highest BCUT2D eigenvalue weighted by Gasteiger charge is 2.27. The van der Waals surface area contributed by atoms with Crippen LogP contribution in [0.1, 0.15) is 70.0 Å². The van der Waals surface area contributed by atoms with Gasteiger partial charge in [0.2, 0.25) is 0 Å². The van der Waals surface area contributed by atoms with Crippen LogP contribution in [0.5, 0.6) is 0 Å². The lowest BCUT2D eigenvalue weighted by atomic mass is 9.95. The SMILES string of the molecule is COC(=O)C(NC(=O)c1cc2c(n(Cc3ccc(C)cc3)c1=O)CCCCCC2)c1ccccc1. The lowest BCUT2D eigenvalue weighted by Gasteiger charge is -2.22. The predicted octanol–water partition coefficient (Wildman–Crippen LogP) is 4.51. The van der Waals surface area contributed by atoms with Gasteiger partial charge in [-0.2, -0.15) is 0 Å². The zero-order valence-electron chi connectivity index (χ0n) is 20.4. The van der Waals surface area contributed by atoms with E-state index in [1.54, 1.807) is 34.9 Å². The first kappa shape index (κ1) is 24.5. The number of hydrogen-bond donors (Lipinski definition) is 1. The Hall–Kier alpha value is -3.67. The molecule has 1 atom stereocenters. The summed E-state index contributed by atoms with van der Waals surface area (Å²) in [5.74, 6) is -1.16. The standard InChI is InChI=1S/C29H32N2O4/c1-20-14-16-21(17-15-20)19-31-25-13-9-4-3-6-12-23(25)18-24(28(31)33)27(32)30-26(29(34)35-2)22-10-7-5-8-11-22/h5,7-8,10-11,14-18,26H,3-4,6,9,12-13,19H2,1-2H3,(H,30,32). The van der Waals surface area contributed by atoms with Crippen LogP contribution in [-0.2, 0) is 28.9 Å². The van der Waals surface area contributed by atoms with Crippen LogP contribution in [0.2, 0.25) is 0 Å². The summed E-state index contributed by atoms with van der Waals surface area (Å²) < 4.78 is 6.69. The quantitative estimate of drug-likeness (QED) is 0.536. The van der Waals surface area contributed by atoms with Crippen molar-refractivity contribution in [1.29, 1.82) is 0 Å². The summed E-state index contributed by atoms with van der Waals surface area (Å²) >= 11 is 0. The Morgan fingerprint density at radius 1 is 0.971 bits per heavy atom. The monoisotopic (exact) mass is 472 g/mol. The van der Waals surface area contributed by atoms with Gasteiger partial charge in [-0.05, 0) is 55.4 Å². The molecule has 0 spiro atoms. The molecular weight excluding hydrogens is 440 g/mol. The van der Waals surface area contributed by atoms with E-state index in [-0.39, 0.29) is 11.1 Å². The largest absolute Gasteiger partial charge is 0.467 e. The first-order chi connectivity index (χ1) is 17.0. The molecule has 0 radical (unpaired) electrons. The highest BCUT2D eigenvalue weighted by atomic mass is 16.5. The molecule has 0 bridgehead atoms. The minimum atomic E-state index is -0.999. The number of amides is 1. The molecule has 0 fully saturated rings. The molecule has 1 unspecified atom stereocenters. The van der Waals surface area contributed by atoms with E-state index >= 15 is 0 Å². The summed E-state index contributed by atoms with van der Waals surface area (Å²) in [5.41, 5.74) is 4.53. The number of hydrogen-bond acceptors (Lipinski definition) is 4. The number of benzene rings is 2. The number of pyridine rings is 1. The van der Waals surface area contributed by atoms with Gasteiger partial charge in [0, 0.05) is 5.69 Å². The number of carbonyl (C=O) groups excluding carboxylic acids is 2. The Labute approximate surface area is 205 Å². The van der Waals surface area contributed by atoms with Crippen molar-refractivity contribution in [3.05, 3.63) is 105 Å². The smallest absolute Gasteiger partial charge is 0.333 e. The van der Waals surface area contributed by atoms with E-state index in [0.717, 1.165) is 60.9 Å².